The van der Waals surface area contributed by atoms with Gasteiger partial charge in [0.15, 0.2) is 0 Å². The number of nitrogens with one attached hydrogen (secondary N) is 2. The number of hydrogen-bond acceptors (Lipinski definition) is 3. The Balaban J connectivity index is 1.64. The molecule has 0 atom stereocenters. The number of carbonyl (C=O) groups excluding carboxylic acids is 2. The summed E-state index contributed by atoms with van der Waals surface area (Å²) in [5.74, 6) is -1.34. The average Bonchev–Trinajstić information content (AvgIpc) is 2.75. The van der Waals surface area contributed by atoms with Crippen LogP contribution in [0, 0.1) is 5.82 Å². The van der Waals surface area contributed by atoms with Crippen LogP contribution >= 0.6 is 0 Å². The summed E-state index contributed by atoms with van der Waals surface area (Å²) in [7, 11) is 0. The molecule has 6 heteroatoms. The first kappa shape index (κ1) is 19.7. The van der Waals surface area contributed by atoms with E-state index in [1.807, 2.05) is 36.4 Å². The van der Waals surface area contributed by atoms with Gasteiger partial charge in [-0.2, -0.15) is 5.10 Å². The summed E-state index contributed by atoms with van der Waals surface area (Å²) in [5, 5.41) is 6.55. The third kappa shape index (κ3) is 5.71. The summed E-state index contributed by atoms with van der Waals surface area (Å²) in [4.78, 5) is 24.7. The number of hydrogen-bond donors (Lipinski definition) is 2. The molecule has 5 nitrogen and oxygen atoms in total. The predicted octanol–water partition coefficient (Wildman–Crippen LogP) is 4.51. The van der Waals surface area contributed by atoms with Crippen LogP contribution in [0.25, 0.3) is 6.08 Å². The largest absolute Gasteiger partial charge is 0.321 e. The Morgan fingerprint density at radius 1 is 0.828 bits per heavy atom. The van der Waals surface area contributed by atoms with Crippen LogP contribution in [0.15, 0.2) is 90.0 Å². The molecule has 144 valence electrons. The standard InChI is InChI=1S/C23H18FN3O2/c24-19-14-12-18(13-15-19)22(28)26-21-11-5-4-10-20(21)23(29)27-25-16-6-9-17-7-2-1-3-8-17/h1-16H,(H,26,28)(H,27,29). The number of para-hydroxylation sites is 1. The van der Waals surface area contributed by atoms with E-state index in [-0.39, 0.29) is 11.1 Å². The van der Waals surface area contributed by atoms with E-state index in [0.717, 1.165) is 5.56 Å². The molecule has 0 fully saturated rings. The van der Waals surface area contributed by atoms with E-state index in [9.17, 15) is 14.0 Å². The van der Waals surface area contributed by atoms with Gasteiger partial charge in [0, 0.05) is 11.8 Å². The number of benzene rings is 3. The van der Waals surface area contributed by atoms with Gasteiger partial charge in [-0.25, -0.2) is 9.82 Å². The summed E-state index contributed by atoms with van der Waals surface area (Å²) < 4.78 is 13.0. The van der Waals surface area contributed by atoms with Crippen LogP contribution in [0.1, 0.15) is 26.3 Å². The fourth-order valence-electron chi connectivity index (χ4n) is 2.50. The van der Waals surface area contributed by atoms with Gasteiger partial charge in [-0.3, -0.25) is 9.59 Å². The van der Waals surface area contributed by atoms with Gasteiger partial charge in [-0.15, -0.1) is 0 Å². The molecular formula is C23H18FN3O2. The first-order valence-corrected chi connectivity index (χ1v) is 8.84. The normalized spacial score (nSPS) is 10.9. The Morgan fingerprint density at radius 3 is 2.28 bits per heavy atom. The lowest BCUT2D eigenvalue weighted by Crippen LogP contribution is -2.21. The summed E-state index contributed by atoms with van der Waals surface area (Å²) in [6.45, 7) is 0. The molecule has 0 aliphatic carbocycles. The Bertz CT molecular complexity index is 1050. The van der Waals surface area contributed by atoms with Crippen molar-refractivity contribution in [3.8, 4) is 0 Å². The molecule has 2 N–H and O–H groups in total. The lowest BCUT2D eigenvalue weighted by Gasteiger charge is -2.10. The highest BCUT2D eigenvalue weighted by atomic mass is 19.1. The maximum atomic E-state index is 13.0. The van der Waals surface area contributed by atoms with Crippen LogP contribution in [0.4, 0.5) is 10.1 Å². The molecular weight excluding hydrogens is 369 g/mol. The van der Waals surface area contributed by atoms with Gasteiger partial charge in [0.1, 0.15) is 5.82 Å². The monoisotopic (exact) mass is 387 g/mol. The SMILES string of the molecule is O=C(Nc1ccccc1C(=O)NN=CC=Cc1ccccc1)c1ccc(F)cc1. The van der Waals surface area contributed by atoms with Crippen molar-refractivity contribution in [1.82, 2.24) is 5.43 Å². The third-order valence-electron chi connectivity index (χ3n) is 3.94. The fraction of sp³-hybridized carbons (Fsp3) is 0. The van der Waals surface area contributed by atoms with E-state index in [1.165, 1.54) is 30.5 Å². The molecule has 0 bridgehead atoms. The van der Waals surface area contributed by atoms with E-state index in [1.54, 1.807) is 30.3 Å². The Morgan fingerprint density at radius 2 is 1.52 bits per heavy atom. The number of rotatable bonds is 6. The molecule has 0 aliphatic heterocycles. The number of nitrogens with zero attached hydrogens (tertiary/aromatic N) is 1. The molecule has 3 aromatic rings. The zero-order valence-electron chi connectivity index (χ0n) is 15.4. The molecule has 0 spiro atoms. The lowest BCUT2D eigenvalue weighted by atomic mass is 10.1. The molecule has 0 saturated carbocycles. The van der Waals surface area contributed by atoms with E-state index in [2.05, 4.69) is 15.8 Å². The van der Waals surface area contributed by atoms with E-state index in [0.29, 0.717) is 5.69 Å². The van der Waals surface area contributed by atoms with Gasteiger partial charge in [0.05, 0.1) is 11.3 Å². The maximum absolute atomic E-state index is 13.0. The van der Waals surface area contributed by atoms with Crippen molar-refractivity contribution in [1.29, 1.82) is 0 Å². The number of amides is 2. The smallest absolute Gasteiger partial charge is 0.273 e. The molecule has 0 heterocycles. The van der Waals surface area contributed by atoms with Gasteiger partial charge < -0.3 is 5.32 Å². The van der Waals surface area contributed by atoms with Crippen molar-refractivity contribution in [2.45, 2.75) is 0 Å². The van der Waals surface area contributed by atoms with Crippen molar-refractivity contribution in [3.63, 3.8) is 0 Å². The van der Waals surface area contributed by atoms with E-state index in [4.69, 9.17) is 0 Å². The topological polar surface area (TPSA) is 70.6 Å². The van der Waals surface area contributed by atoms with Crippen LogP contribution in [0.5, 0.6) is 0 Å². The third-order valence-corrected chi connectivity index (χ3v) is 3.94. The quantitative estimate of drug-likeness (QED) is 0.483. The summed E-state index contributed by atoms with van der Waals surface area (Å²) >= 11 is 0. The number of allylic oxidation sites excluding steroid dienone is 1. The molecule has 0 radical (unpaired) electrons. The Labute approximate surface area is 167 Å². The highest BCUT2D eigenvalue weighted by molar-refractivity contribution is 6.09. The maximum Gasteiger partial charge on any atom is 0.273 e. The lowest BCUT2D eigenvalue weighted by molar-refractivity contribution is 0.0956. The van der Waals surface area contributed by atoms with Crippen LogP contribution < -0.4 is 10.7 Å². The van der Waals surface area contributed by atoms with E-state index >= 15 is 0 Å². The number of carbonyl (C=O) groups is 2. The Kier molecular flexibility index (Phi) is 6.62. The second kappa shape index (κ2) is 9.75. The summed E-state index contributed by atoms with van der Waals surface area (Å²) in [6.07, 6.45) is 5.02. The molecule has 0 aromatic heterocycles. The molecule has 0 unspecified atom stereocenters. The van der Waals surface area contributed by atoms with Crippen molar-refractivity contribution in [2.75, 3.05) is 5.32 Å². The van der Waals surface area contributed by atoms with Crippen molar-refractivity contribution < 1.29 is 14.0 Å². The molecule has 3 rings (SSSR count). The zero-order chi connectivity index (χ0) is 20.5. The summed E-state index contributed by atoms with van der Waals surface area (Å²) in [5.41, 5.74) is 4.31. The average molecular weight is 387 g/mol. The van der Waals surface area contributed by atoms with Crippen LogP contribution in [-0.4, -0.2) is 18.0 Å². The second-order valence-electron chi connectivity index (χ2n) is 6.00. The number of anilines is 1. The highest BCUT2D eigenvalue weighted by Crippen LogP contribution is 2.16. The van der Waals surface area contributed by atoms with Crippen LogP contribution in [0.2, 0.25) is 0 Å². The minimum Gasteiger partial charge on any atom is -0.321 e. The van der Waals surface area contributed by atoms with Crippen molar-refractivity contribution in [3.05, 3.63) is 107 Å². The fourth-order valence-corrected chi connectivity index (χ4v) is 2.50. The molecule has 0 aliphatic rings. The molecule has 29 heavy (non-hydrogen) atoms. The first-order chi connectivity index (χ1) is 14.1. The zero-order valence-corrected chi connectivity index (χ0v) is 15.4. The minimum atomic E-state index is -0.468. The van der Waals surface area contributed by atoms with Gasteiger partial charge in [0.2, 0.25) is 0 Å². The van der Waals surface area contributed by atoms with Crippen molar-refractivity contribution >= 4 is 29.8 Å². The second-order valence-corrected chi connectivity index (χ2v) is 6.00. The van der Waals surface area contributed by atoms with Crippen LogP contribution in [0.3, 0.4) is 0 Å². The van der Waals surface area contributed by atoms with Gasteiger partial charge >= 0.3 is 0 Å². The van der Waals surface area contributed by atoms with Crippen molar-refractivity contribution in [2.24, 2.45) is 5.10 Å². The number of halogens is 1. The van der Waals surface area contributed by atoms with Crippen LogP contribution in [-0.2, 0) is 0 Å². The van der Waals surface area contributed by atoms with E-state index < -0.39 is 17.6 Å². The molecule has 3 aromatic carbocycles. The minimum absolute atomic E-state index is 0.257. The predicted molar refractivity (Wildman–Crippen MR) is 112 cm³/mol. The number of hydrazone groups is 1. The molecule has 0 saturated heterocycles. The van der Waals surface area contributed by atoms with Gasteiger partial charge in [-0.1, -0.05) is 48.5 Å². The van der Waals surface area contributed by atoms with Gasteiger partial charge in [-0.05, 0) is 48.0 Å². The summed E-state index contributed by atoms with van der Waals surface area (Å²) in [6, 6.07) is 21.4. The van der Waals surface area contributed by atoms with Gasteiger partial charge in [0.25, 0.3) is 11.8 Å². The first-order valence-electron chi connectivity index (χ1n) is 8.84. The highest BCUT2D eigenvalue weighted by Gasteiger charge is 2.13. The Hall–Kier alpha value is -4.06. The molecule has 2 amide bonds.